The van der Waals surface area contributed by atoms with Crippen LogP contribution in [0, 0.1) is 17.0 Å². The maximum absolute atomic E-state index is 12.7. The third-order valence-corrected chi connectivity index (χ3v) is 7.42. The van der Waals surface area contributed by atoms with Crippen LogP contribution in [0.15, 0.2) is 4.36 Å². The molecular formula is C16H25N5O5S. The van der Waals surface area contributed by atoms with Crippen LogP contribution >= 0.6 is 0 Å². The number of carbonyl (C=O) groups is 1. The van der Waals surface area contributed by atoms with E-state index in [9.17, 15) is 19.1 Å². The van der Waals surface area contributed by atoms with E-state index < -0.39 is 21.2 Å². The largest absolute Gasteiger partial charge is 0.371 e. The topological polar surface area (TPSA) is 120 Å². The zero-order valence-corrected chi connectivity index (χ0v) is 16.7. The van der Waals surface area contributed by atoms with Crippen molar-refractivity contribution in [2.24, 2.45) is 4.36 Å². The molecule has 11 heteroatoms. The molecule has 27 heavy (non-hydrogen) atoms. The summed E-state index contributed by atoms with van der Waals surface area (Å²) in [6.45, 7) is 6.80. The van der Waals surface area contributed by atoms with Crippen molar-refractivity contribution in [1.82, 2.24) is 9.78 Å². The van der Waals surface area contributed by atoms with Gasteiger partial charge in [0.1, 0.15) is 5.69 Å². The number of nitro groups is 1. The van der Waals surface area contributed by atoms with Crippen LogP contribution < -0.4 is 4.90 Å². The highest BCUT2D eigenvalue weighted by molar-refractivity contribution is 7.93. The number of rotatable bonds is 3. The van der Waals surface area contributed by atoms with E-state index >= 15 is 0 Å². The van der Waals surface area contributed by atoms with Crippen LogP contribution in [0.2, 0.25) is 0 Å². The van der Waals surface area contributed by atoms with Crippen molar-refractivity contribution in [2.75, 3.05) is 36.1 Å². The summed E-state index contributed by atoms with van der Waals surface area (Å²) in [5.41, 5.74) is -0.111. The molecule has 0 radical (unpaired) electrons. The van der Waals surface area contributed by atoms with Crippen molar-refractivity contribution in [3.63, 3.8) is 0 Å². The van der Waals surface area contributed by atoms with Crippen molar-refractivity contribution in [1.29, 1.82) is 0 Å². The summed E-state index contributed by atoms with van der Waals surface area (Å²) in [4.78, 5) is 24.4. The zero-order chi connectivity index (χ0) is 19.8. The van der Waals surface area contributed by atoms with E-state index in [2.05, 4.69) is 9.46 Å². The Balaban J connectivity index is 1.87. The number of ether oxygens (including phenoxy) is 1. The number of morpholine rings is 1. The zero-order valence-electron chi connectivity index (χ0n) is 15.8. The van der Waals surface area contributed by atoms with Crippen LogP contribution in [0.1, 0.15) is 32.4 Å². The smallest absolute Gasteiger partial charge is 0.333 e. The molecule has 2 fully saturated rings. The second kappa shape index (κ2) is 7.19. The fourth-order valence-corrected chi connectivity index (χ4v) is 6.12. The highest BCUT2D eigenvalue weighted by Crippen LogP contribution is 2.38. The van der Waals surface area contributed by atoms with Crippen molar-refractivity contribution in [3.8, 4) is 0 Å². The second-order valence-corrected chi connectivity index (χ2v) is 9.62. The molecule has 0 unspecified atom stereocenters. The molecule has 0 aliphatic carbocycles. The molecule has 1 aromatic rings. The van der Waals surface area contributed by atoms with Gasteiger partial charge in [-0.05, 0) is 26.7 Å². The van der Waals surface area contributed by atoms with E-state index in [1.807, 2.05) is 11.8 Å². The van der Waals surface area contributed by atoms with Crippen molar-refractivity contribution < 1.29 is 18.7 Å². The summed E-state index contributed by atoms with van der Waals surface area (Å²) < 4.78 is 24.2. The Bertz CT molecular complexity index is 872. The van der Waals surface area contributed by atoms with Gasteiger partial charge in [0.25, 0.3) is 5.91 Å². The fourth-order valence-electron chi connectivity index (χ4n) is 3.88. The van der Waals surface area contributed by atoms with Gasteiger partial charge in [-0.1, -0.05) is 0 Å². The molecule has 0 bridgehead atoms. The molecule has 0 saturated carbocycles. The normalized spacial score (nSPS) is 28.3. The quantitative estimate of drug-likeness (QED) is 0.558. The van der Waals surface area contributed by atoms with Gasteiger partial charge in [-0.15, -0.1) is 0 Å². The van der Waals surface area contributed by atoms with Gasteiger partial charge in [-0.3, -0.25) is 14.9 Å². The Labute approximate surface area is 158 Å². The minimum atomic E-state index is -2.53. The molecule has 3 rings (SSSR count). The first kappa shape index (κ1) is 19.7. The second-order valence-electron chi connectivity index (χ2n) is 7.07. The minimum Gasteiger partial charge on any atom is -0.371 e. The standard InChI is InChI=1S/C16H25N5O5S/c1-4-20-15(14(21(23)24)12(2)17-20)19-7-8-26-16(11-19)5-9-27(25,10-6-16)18-13(3)22/h4-11H2,1-3H3. The minimum absolute atomic E-state index is 0.0279. The van der Waals surface area contributed by atoms with Crippen LogP contribution in [0.25, 0.3) is 0 Å². The molecule has 0 N–H and O–H groups in total. The predicted molar refractivity (Wildman–Crippen MR) is 100 cm³/mol. The number of aromatic nitrogens is 2. The van der Waals surface area contributed by atoms with E-state index in [-0.39, 0.29) is 10.6 Å². The van der Waals surface area contributed by atoms with E-state index in [1.165, 1.54) is 6.92 Å². The average molecular weight is 399 g/mol. The highest BCUT2D eigenvalue weighted by atomic mass is 32.2. The van der Waals surface area contributed by atoms with Crippen LogP contribution in [0.3, 0.4) is 0 Å². The summed E-state index contributed by atoms with van der Waals surface area (Å²) >= 11 is 0. The molecule has 2 aliphatic heterocycles. The summed E-state index contributed by atoms with van der Waals surface area (Å²) in [6, 6.07) is 0. The number of carbonyl (C=O) groups excluding carboxylic acids is 1. The molecule has 3 heterocycles. The number of anilines is 1. The Kier molecular flexibility index (Phi) is 5.26. The first-order valence-corrected chi connectivity index (χ1v) is 10.9. The van der Waals surface area contributed by atoms with Gasteiger partial charge in [-0.2, -0.15) is 9.46 Å². The molecular weight excluding hydrogens is 374 g/mol. The number of hydrogen-bond acceptors (Lipinski definition) is 7. The molecule has 150 valence electrons. The Morgan fingerprint density at radius 3 is 2.67 bits per heavy atom. The lowest BCUT2D eigenvalue weighted by Gasteiger charge is -2.45. The molecule has 1 aromatic heterocycles. The van der Waals surface area contributed by atoms with Gasteiger partial charge in [-0.25, -0.2) is 8.89 Å². The maximum Gasteiger partial charge on any atom is 0.333 e. The number of aryl methyl sites for hydroxylation is 2. The van der Waals surface area contributed by atoms with Crippen LogP contribution in [-0.4, -0.2) is 61.6 Å². The molecule has 1 spiro atoms. The Morgan fingerprint density at radius 1 is 1.44 bits per heavy atom. The first-order chi connectivity index (χ1) is 12.7. The van der Waals surface area contributed by atoms with E-state index in [0.29, 0.717) is 62.1 Å². The van der Waals surface area contributed by atoms with E-state index in [4.69, 9.17) is 4.74 Å². The number of amides is 1. The van der Waals surface area contributed by atoms with E-state index in [0.717, 1.165) is 0 Å². The summed E-state index contributed by atoms with van der Waals surface area (Å²) in [6.07, 6.45) is 1.01. The molecule has 1 amide bonds. The SMILES string of the molecule is CCn1nc(C)c([N+](=O)[O-])c1N1CCOC2(CCS(=O)(=NC(C)=O)CC2)C1. The summed E-state index contributed by atoms with van der Waals surface area (Å²) in [5.74, 6) is 0.686. The van der Waals surface area contributed by atoms with Gasteiger partial charge >= 0.3 is 5.69 Å². The average Bonchev–Trinajstić information content (AvgIpc) is 2.94. The summed E-state index contributed by atoms with van der Waals surface area (Å²) in [7, 11) is -2.53. The molecule has 10 nitrogen and oxygen atoms in total. The molecule has 0 atom stereocenters. The van der Waals surface area contributed by atoms with Gasteiger partial charge in [0.2, 0.25) is 5.82 Å². The van der Waals surface area contributed by atoms with Crippen molar-refractivity contribution in [2.45, 2.75) is 45.8 Å². The Hall–Kier alpha value is -2.01. The fraction of sp³-hybridized carbons (Fsp3) is 0.750. The first-order valence-electron chi connectivity index (χ1n) is 9.02. The van der Waals surface area contributed by atoms with Crippen molar-refractivity contribution >= 4 is 27.1 Å². The lowest BCUT2D eigenvalue weighted by molar-refractivity contribution is -0.384. The lowest BCUT2D eigenvalue weighted by atomic mass is 9.94. The number of nitrogens with zero attached hydrogens (tertiary/aromatic N) is 5. The van der Waals surface area contributed by atoms with Crippen LogP contribution in [-0.2, 0) is 25.8 Å². The monoisotopic (exact) mass is 399 g/mol. The highest BCUT2D eigenvalue weighted by Gasteiger charge is 2.43. The third kappa shape index (κ3) is 3.84. The summed E-state index contributed by atoms with van der Waals surface area (Å²) in [5, 5.41) is 15.9. The van der Waals surface area contributed by atoms with Gasteiger partial charge in [0.15, 0.2) is 0 Å². The molecule has 2 saturated heterocycles. The molecule has 2 aliphatic rings. The van der Waals surface area contributed by atoms with Crippen LogP contribution in [0.5, 0.6) is 0 Å². The van der Waals surface area contributed by atoms with Gasteiger partial charge in [0.05, 0.1) is 26.9 Å². The Morgan fingerprint density at radius 2 is 2.11 bits per heavy atom. The van der Waals surface area contributed by atoms with Gasteiger partial charge in [0, 0.05) is 38.1 Å². The third-order valence-electron chi connectivity index (χ3n) is 5.15. The van der Waals surface area contributed by atoms with Gasteiger partial charge < -0.3 is 9.64 Å². The van der Waals surface area contributed by atoms with Crippen LogP contribution in [0.4, 0.5) is 11.5 Å². The predicted octanol–water partition coefficient (Wildman–Crippen LogP) is 1.50. The lowest BCUT2D eigenvalue weighted by Crippen LogP contribution is -2.55. The number of hydrogen-bond donors (Lipinski definition) is 0. The molecule has 0 aromatic carbocycles. The van der Waals surface area contributed by atoms with E-state index in [1.54, 1.807) is 11.6 Å². The van der Waals surface area contributed by atoms with Crippen molar-refractivity contribution in [3.05, 3.63) is 15.8 Å². The maximum atomic E-state index is 12.7.